The zero-order chi connectivity index (χ0) is 11.4. The van der Waals surface area contributed by atoms with E-state index in [-0.39, 0.29) is 11.2 Å². The molecular weight excluding hydrogens is 214 g/mol. The van der Waals surface area contributed by atoms with Crippen molar-refractivity contribution >= 4 is 34.1 Å². The highest BCUT2D eigenvalue weighted by Crippen LogP contribution is 2.18. The molecule has 0 bridgehead atoms. The van der Waals surface area contributed by atoms with E-state index >= 15 is 0 Å². The van der Waals surface area contributed by atoms with E-state index in [1.54, 1.807) is 0 Å². The fourth-order valence-corrected chi connectivity index (χ4v) is 2.05. The highest BCUT2D eigenvalue weighted by Gasteiger charge is 2.21. The van der Waals surface area contributed by atoms with Crippen molar-refractivity contribution in [2.24, 2.45) is 5.41 Å². The summed E-state index contributed by atoms with van der Waals surface area (Å²) in [5.41, 5.74) is -0.263. The SMILES string of the molecule is CC(C)NC(=S)SCC(=O)C(C)(C)C. The molecule has 0 aromatic heterocycles. The predicted molar refractivity (Wildman–Crippen MR) is 67.8 cm³/mol. The van der Waals surface area contributed by atoms with Gasteiger partial charge in [0.25, 0.3) is 0 Å². The molecular formula is C10H19NOS2. The van der Waals surface area contributed by atoms with E-state index in [2.05, 4.69) is 5.32 Å². The number of thioether (sulfide) groups is 1. The molecule has 0 unspecified atom stereocenters. The van der Waals surface area contributed by atoms with Gasteiger partial charge in [0, 0.05) is 11.5 Å². The zero-order valence-corrected chi connectivity index (χ0v) is 11.1. The van der Waals surface area contributed by atoms with Crippen molar-refractivity contribution in [1.82, 2.24) is 5.32 Å². The van der Waals surface area contributed by atoms with E-state index in [1.165, 1.54) is 11.8 Å². The molecule has 0 aliphatic heterocycles. The Morgan fingerprint density at radius 1 is 1.43 bits per heavy atom. The van der Waals surface area contributed by atoms with Gasteiger partial charge in [0.1, 0.15) is 10.1 Å². The number of thiocarbonyl (C=S) groups is 1. The highest BCUT2D eigenvalue weighted by atomic mass is 32.2. The van der Waals surface area contributed by atoms with Gasteiger partial charge in [-0.15, -0.1) is 0 Å². The maximum atomic E-state index is 11.5. The van der Waals surface area contributed by atoms with Crippen LogP contribution in [-0.2, 0) is 4.79 Å². The summed E-state index contributed by atoms with van der Waals surface area (Å²) in [5, 5.41) is 3.09. The van der Waals surface area contributed by atoms with Gasteiger partial charge in [-0.25, -0.2) is 0 Å². The Labute approximate surface area is 96.2 Å². The van der Waals surface area contributed by atoms with Crippen molar-refractivity contribution in [1.29, 1.82) is 0 Å². The minimum absolute atomic E-state index is 0.232. The van der Waals surface area contributed by atoms with Crippen LogP contribution in [0.15, 0.2) is 0 Å². The lowest BCUT2D eigenvalue weighted by atomic mass is 9.92. The Morgan fingerprint density at radius 3 is 2.29 bits per heavy atom. The van der Waals surface area contributed by atoms with Gasteiger partial charge in [0.15, 0.2) is 0 Å². The zero-order valence-electron chi connectivity index (χ0n) is 9.51. The van der Waals surface area contributed by atoms with E-state index in [0.29, 0.717) is 16.1 Å². The van der Waals surface area contributed by atoms with Gasteiger partial charge in [-0.2, -0.15) is 0 Å². The second-order valence-electron chi connectivity index (χ2n) is 4.55. The van der Waals surface area contributed by atoms with Crippen molar-refractivity contribution in [3.8, 4) is 0 Å². The summed E-state index contributed by atoms with van der Waals surface area (Å²) in [5.74, 6) is 0.692. The highest BCUT2D eigenvalue weighted by molar-refractivity contribution is 8.23. The Bertz CT molecular complexity index is 219. The summed E-state index contributed by atoms with van der Waals surface area (Å²) in [7, 11) is 0. The summed E-state index contributed by atoms with van der Waals surface area (Å²) < 4.78 is 0.706. The van der Waals surface area contributed by atoms with E-state index in [0.717, 1.165) is 0 Å². The van der Waals surface area contributed by atoms with Gasteiger partial charge in [0.2, 0.25) is 0 Å². The van der Waals surface area contributed by atoms with Crippen LogP contribution in [0.3, 0.4) is 0 Å². The summed E-state index contributed by atoms with van der Waals surface area (Å²) in [6, 6.07) is 0.333. The third-order valence-corrected chi connectivity index (χ3v) is 2.84. The topological polar surface area (TPSA) is 29.1 Å². The number of nitrogens with one attached hydrogen (secondary N) is 1. The number of hydrogen-bond donors (Lipinski definition) is 1. The molecule has 1 N–H and O–H groups in total. The predicted octanol–water partition coefficient (Wildman–Crippen LogP) is 2.62. The molecule has 2 nitrogen and oxygen atoms in total. The summed E-state index contributed by atoms with van der Waals surface area (Å²) in [4.78, 5) is 11.5. The maximum Gasteiger partial charge on any atom is 0.148 e. The monoisotopic (exact) mass is 233 g/mol. The molecule has 0 radical (unpaired) electrons. The normalized spacial score (nSPS) is 11.6. The second kappa shape index (κ2) is 5.71. The Morgan fingerprint density at radius 2 is 1.93 bits per heavy atom. The average molecular weight is 233 g/mol. The molecule has 0 saturated heterocycles. The number of carbonyl (C=O) groups excluding carboxylic acids is 1. The van der Waals surface area contributed by atoms with Crippen LogP contribution in [0.1, 0.15) is 34.6 Å². The quantitative estimate of drug-likeness (QED) is 0.759. The Kier molecular flexibility index (Phi) is 5.67. The molecule has 0 aromatic carbocycles. The van der Waals surface area contributed by atoms with E-state index < -0.39 is 0 Å². The lowest BCUT2D eigenvalue weighted by Crippen LogP contribution is -2.29. The summed E-state index contributed by atoms with van der Waals surface area (Å²) >= 11 is 6.48. The summed E-state index contributed by atoms with van der Waals surface area (Å²) in [6.45, 7) is 9.83. The number of hydrogen-bond acceptors (Lipinski definition) is 3. The Balaban J connectivity index is 3.84. The van der Waals surface area contributed by atoms with E-state index in [9.17, 15) is 4.79 Å². The number of rotatable bonds is 3. The van der Waals surface area contributed by atoms with Crippen LogP contribution in [0.25, 0.3) is 0 Å². The van der Waals surface area contributed by atoms with E-state index in [1.807, 2.05) is 34.6 Å². The minimum atomic E-state index is -0.263. The van der Waals surface area contributed by atoms with Gasteiger partial charge in [0.05, 0.1) is 5.75 Å². The third-order valence-electron chi connectivity index (χ3n) is 1.58. The molecule has 0 aromatic rings. The maximum absolute atomic E-state index is 11.5. The van der Waals surface area contributed by atoms with Gasteiger partial charge < -0.3 is 5.32 Å². The first-order valence-electron chi connectivity index (χ1n) is 4.70. The van der Waals surface area contributed by atoms with Crippen LogP contribution in [-0.4, -0.2) is 21.9 Å². The van der Waals surface area contributed by atoms with Crippen molar-refractivity contribution < 1.29 is 4.79 Å². The van der Waals surface area contributed by atoms with Crippen molar-refractivity contribution in [3.63, 3.8) is 0 Å². The van der Waals surface area contributed by atoms with Crippen molar-refractivity contribution in [3.05, 3.63) is 0 Å². The third kappa shape index (κ3) is 6.38. The van der Waals surface area contributed by atoms with Crippen molar-refractivity contribution in [2.75, 3.05) is 5.75 Å². The van der Waals surface area contributed by atoms with Crippen LogP contribution in [0, 0.1) is 5.41 Å². The lowest BCUT2D eigenvalue weighted by molar-refractivity contribution is -0.123. The first kappa shape index (κ1) is 13.9. The van der Waals surface area contributed by atoms with Crippen LogP contribution >= 0.6 is 24.0 Å². The molecule has 0 atom stereocenters. The smallest absolute Gasteiger partial charge is 0.148 e. The molecule has 14 heavy (non-hydrogen) atoms. The first-order chi connectivity index (χ1) is 6.23. The summed E-state index contributed by atoms with van der Waals surface area (Å²) in [6.07, 6.45) is 0. The molecule has 82 valence electrons. The Hall–Kier alpha value is -0.0900. The number of Topliss-reactive ketones (excluding diaryl/α,β-unsaturated/α-hetero) is 1. The molecule has 0 saturated carbocycles. The molecule has 0 aliphatic rings. The minimum Gasteiger partial charge on any atom is -0.369 e. The fraction of sp³-hybridized carbons (Fsp3) is 0.800. The van der Waals surface area contributed by atoms with Crippen LogP contribution in [0.4, 0.5) is 0 Å². The van der Waals surface area contributed by atoms with Crippen molar-refractivity contribution in [2.45, 2.75) is 40.7 Å². The molecule has 0 rings (SSSR count). The van der Waals surface area contributed by atoms with Gasteiger partial charge >= 0.3 is 0 Å². The molecule has 0 spiro atoms. The standard InChI is InChI=1S/C10H19NOS2/c1-7(2)11-9(13)14-6-8(12)10(3,4)5/h7H,6H2,1-5H3,(H,11,13). The largest absolute Gasteiger partial charge is 0.369 e. The van der Waals surface area contributed by atoms with Gasteiger partial charge in [-0.3, -0.25) is 4.79 Å². The van der Waals surface area contributed by atoms with E-state index in [4.69, 9.17) is 12.2 Å². The fourth-order valence-electron chi connectivity index (χ4n) is 0.625. The average Bonchev–Trinajstić information content (AvgIpc) is 1.96. The first-order valence-corrected chi connectivity index (χ1v) is 6.09. The molecule has 0 fully saturated rings. The van der Waals surface area contributed by atoms with Crippen LogP contribution in [0.2, 0.25) is 0 Å². The number of ketones is 1. The van der Waals surface area contributed by atoms with Gasteiger partial charge in [-0.1, -0.05) is 44.8 Å². The van der Waals surface area contributed by atoms with Crippen LogP contribution in [0.5, 0.6) is 0 Å². The lowest BCUT2D eigenvalue weighted by Gasteiger charge is -2.16. The van der Waals surface area contributed by atoms with Gasteiger partial charge in [-0.05, 0) is 13.8 Å². The number of carbonyl (C=O) groups is 1. The molecule has 0 heterocycles. The second-order valence-corrected chi connectivity index (χ2v) is 6.20. The molecule has 4 heteroatoms. The van der Waals surface area contributed by atoms with Crippen LogP contribution < -0.4 is 5.32 Å². The molecule has 0 amide bonds. The molecule has 0 aliphatic carbocycles.